The zero-order chi connectivity index (χ0) is 15.4. The molecule has 1 aromatic carbocycles. The van der Waals surface area contributed by atoms with Crippen LogP contribution in [0.1, 0.15) is 24.8 Å². The molecule has 0 aromatic heterocycles. The van der Waals surface area contributed by atoms with Gasteiger partial charge in [0.2, 0.25) is 5.91 Å². The van der Waals surface area contributed by atoms with Gasteiger partial charge in [-0.3, -0.25) is 4.79 Å². The average molecular weight is 305 g/mol. The molecule has 0 bridgehead atoms. The number of hydrogen-bond donors (Lipinski definition) is 0. The molecule has 3 rings (SSSR count). The van der Waals surface area contributed by atoms with E-state index >= 15 is 0 Å². The number of carbonyl (C=O) groups excluding carboxylic acids is 1. The average Bonchev–Trinajstić information content (AvgIpc) is 3.09. The zero-order valence-electron chi connectivity index (χ0n) is 13.0. The number of hydrogen-bond acceptors (Lipinski definition) is 4. The van der Waals surface area contributed by atoms with E-state index in [0.29, 0.717) is 19.6 Å². The molecule has 1 amide bonds. The highest BCUT2D eigenvalue weighted by Gasteiger charge is 2.35. The number of nitrogens with zero attached hydrogens (tertiary/aromatic N) is 1. The summed E-state index contributed by atoms with van der Waals surface area (Å²) in [7, 11) is 1.64. The van der Waals surface area contributed by atoms with Crippen LogP contribution in [0.25, 0.3) is 0 Å². The minimum absolute atomic E-state index is 0.0503. The molecule has 5 heteroatoms. The quantitative estimate of drug-likeness (QED) is 0.853. The molecule has 5 nitrogen and oxygen atoms in total. The van der Waals surface area contributed by atoms with Gasteiger partial charge < -0.3 is 19.1 Å². The molecule has 0 aliphatic carbocycles. The second-order valence-electron chi connectivity index (χ2n) is 5.79. The minimum Gasteiger partial charge on any atom is -0.497 e. The highest BCUT2D eigenvalue weighted by molar-refractivity contribution is 5.79. The van der Waals surface area contributed by atoms with E-state index in [1.54, 1.807) is 7.11 Å². The summed E-state index contributed by atoms with van der Waals surface area (Å²) in [5.41, 5.74) is 0.974. The number of likely N-dealkylation sites (tertiary alicyclic amines) is 1. The Morgan fingerprint density at radius 3 is 2.91 bits per heavy atom. The van der Waals surface area contributed by atoms with Gasteiger partial charge in [0.15, 0.2) is 6.29 Å². The highest BCUT2D eigenvalue weighted by Crippen LogP contribution is 2.25. The monoisotopic (exact) mass is 305 g/mol. The van der Waals surface area contributed by atoms with Crippen LogP contribution >= 0.6 is 0 Å². The van der Waals surface area contributed by atoms with Crippen molar-refractivity contribution in [3.63, 3.8) is 0 Å². The normalized spacial score (nSPS) is 22.8. The van der Waals surface area contributed by atoms with Crippen molar-refractivity contribution in [1.82, 2.24) is 4.90 Å². The van der Waals surface area contributed by atoms with E-state index in [9.17, 15) is 4.79 Å². The van der Waals surface area contributed by atoms with E-state index in [1.807, 2.05) is 29.2 Å². The van der Waals surface area contributed by atoms with Gasteiger partial charge in [-0.2, -0.15) is 0 Å². The maximum atomic E-state index is 12.7. The summed E-state index contributed by atoms with van der Waals surface area (Å²) >= 11 is 0. The van der Waals surface area contributed by atoms with E-state index in [4.69, 9.17) is 14.2 Å². The van der Waals surface area contributed by atoms with Crippen LogP contribution in [0.4, 0.5) is 0 Å². The summed E-state index contributed by atoms with van der Waals surface area (Å²) in [6, 6.07) is 7.73. The maximum absolute atomic E-state index is 12.7. The van der Waals surface area contributed by atoms with Crippen molar-refractivity contribution in [3.05, 3.63) is 29.8 Å². The first-order chi connectivity index (χ1) is 10.8. The van der Waals surface area contributed by atoms with Gasteiger partial charge in [0.05, 0.1) is 32.8 Å². The Bertz CT molecular complexity index is 513. The van der Waals surface area contributed by atoms with Crippen LogP contribution in [-0.2, 0) is 20.7 Å². The first-order valence-corrected chi connectivity index (χ1v) is 7.93. The summed E-state index contributed by atoms with van der Waals surface area (Å²) < 4.78 is 16.5. The summed E-state index contributed by atoms with van der Waals surface area (Å²) in [6.07, 6.45) is 3.26. The van der Waals surface area contributed by atoms with Gasteiger partial charge in [-0.1, -0.05) is 12.1 Å². The van der Waals surface area contributed by atoms with Gasteiger partial charge in [0.25, 0.3) is 0 Å². The Kier molecular flexibility index (Phi) is 4.95. The first kappa shape index (κ1) is 15.3. The van der Waals surface area contributed by atoms with Gasteiger partial charge in [0, 0.05) is 6.54 Å². The molecule has 0 spiro atoms. The van der Waals surface area contributed by atoms with Crippen molar-refractivity contribution in [1.29, 1.82) is 0 Å². The van der Waals surface area contributed by atoms with E-state index < -0.39 is 0 Å². The van der Waals surface area contributed by atoms with Gasteiger partial charge in [-0.25, -0.2) is 0 Å². The number of rotatable bonds is 4. The summed E-state index contributed by atoms with van der Waals surface area (Å²) in [6.45, 7) is 2.04. The molecule has 2 aliphatic rings. The number of ether oxygens (including phenoxy) is 3. The number of carbonyl (C=O) groups is 1. The van der Waals surface area contributed by atoms with Crippen molar-refractivity contribution < 1.29 is 19.0 Å². The molecule has 0 radical (unpaired) electrons. The molecule has 2 fully saturated rings. The first-order valence-electron chi connectivity index (χ1n) is 7.93. The minimum atomic E-state index is -0.255. The largest absolute Gasteiger partial charge is 0.497 e. The van der Waals surface area contributed by atoms with Crippen LogP contribution in [0.2, 0.25) is 0 Å². The summed E-state index contributed by atoms with van der Waals surface area (Å²) in [5, 5.41) is 0. The number of methoxy groups -OCH3 is 1. The summed E-state index contributed by atoms with van der Waals surface area (Å²) in [5.74, 6) is 0.917. The molecule has 2 aliphatic heterocycles. The molecule has 2 heterocycles. The molecular weight excluding hydrogens is 282 g/mol. The van der Waals surface area contributed by atoms with Crippen LogP contribution in [0.5, 0.6) is 5.75 Å². The lowest BCUT2D eigenvalue weighted by Gasteiger charge is -2.38. The van der Waals surface area contributed by atoms with Gasteiger partial charge in [0.1, 0.15) is 5.75 Å². The molecule has 1 aromatic rings. The maximum Gasteiger partial charge on any atom is 0.227 e. The Balaban J connectivity index is 1.68. The third-order valence-electron chi connectivity index (χ3n) is 4.32. The van der Waals surface area contributed by atoms with Crippen molar-refractivity contribution >= 4 is 5.91 Å². The zero-order valence-corrected chi connectivity index (χ0v) is 13.0. The van der Waals surface area contributed by atoms with E-state index in [-0.39, 0.29) is 18.2 Å². The topological polar surface area (TPSA) is 48.0 Å². The van der Waals surface area contributed by atoms with Gasteiger partial charge in [-0.05, 0) is 37.0 Å². The summed E-state index contributed by atoms with van der Waals surface area (Å²) in [4.78, 5) is 14.7. The van der Waals surface area contributed by atoms with Gasteiger partial charge >= 0.3 is 0 Å². The van der Waals surface area contributed by atoms with Crippen molar-refractivity contribution in [3.8, 4) is 5.75 Å². The van der Waals surface area contributed by atoms with E-state index in [0.717, 1.165) is 37.1 Å². The Labute approximate surface area is 131 Å². The fourth-order valence-corrected chi connectivity index (χ4v) is 3.21. The Morgan fingerprint density at radius 2 is 2.14 bits per heavy atom. The van der Waals surface area contributed by atoms with Gasteiger partial charge in [-0.15, -0.1) is 0 Å². The molecule has 120 valence electrons. The second-order valence-corrected chi connectivity index (χ2v) is 5.79. The lowest BCUT2D eigenvalue weighted by Crippen LogP contribution is -2.50. The predicted molar refractivity (Wildman–Crippen MR) is 81.7 cm³/mol. The van der Waals surface area contributed by atoms with E-state index in [2.05, 4.69) is 0 Å². The van der Waals surface area contributed by atoms with Crippen LogP contribution in [0, 0.1) is 0 Å². The number of amides is 1. The van der Waals surface area contributed by atoms with Crippen LogP contribution in [-0.4, -0.2) is 50.0 Å². The molecule has 0 saturated carbocycles. The standard InChI is InChI=1S/C17H23NO4/c1-20-14-6-4-5-13(11-14)12-16(19)18-8-3-2-7-15(18)17-21-9-10-22-17/h4-6,11,15,17H,2-3,7-10,12H2,1H3. The fraction of sp³-hybridized carbons (Fsp3) is 0.588. The Morgan fingerprint density at radius 1 is 1.32 bits per heavy atom. The number of piperidine rings is 1. The fourth-order valence-electron chi connectivity index (χ4n) is 3.21. The number of benzene rings is 1. The third kappa shape index (κ3) is 3.42. The van der Waals surface area contributed by atoms with Crippen LogP contribution < -0.4 is 4.74 Å². The lowest BCUT2D eigenvalue weighted by atomic mass is 10.00. The molecule has 2 saturated heterocycles. The predicted octanol–water partition coefficient (Wildman–Crippen LogP) is 1.99. The molecule has 1 atom stereocenters. The highest BCUT2D eigenvalue weighted by atomic mass is 16.7. The van der Waals surface area contributed by atoms with E-state index in [1.165, 1.54) is 0 Å². The van der Waals surface area contributed by atoms with Crippen LogP contribution in [0.3, 0.4) is 0 Å². The van der Waals surface area contributed by atoms with Crippen molar-refractivity contribution in [2.24, 2.45) is 0 Å². The molecular formula is C17H23NO4. The lowest BCUT2D eigenvalue weighted by molar-refractivity contribution is -0.149. The Hall–Kier alpha value is -1.59. The molecule has 0 N–H and O–H groups in total. The molecule has 1 unspecified atom stereocenters. The smallest absolute Gasteiger partial charge is 0.227 e. The van der Waals surface area contributed by atoms with Crippen LogP contribution in [0.15, 0.2) is 24.3 Å². The second kappa shape index (κ2) is 7.11. The third-order valence-corrected chi connectivity index (χ3v) is 4.32. The molecule has 22 heavy (non-hydrogen) atoms. The van der Waals surface area contributed by atoms with Crippen molar-refractivity contribution in [2.75, 3.05) is 26.9 Å². The SMILES string of the molecule is COc1cccc(CC(=O)N2CCCCC2C2OCCO2)c1. The van der Waals surface area contributed by atoms with Crippen molar-refractivity contribution in [2.45, 2.75) is 38.0 Å².